The van der Waals surface area contributed by atoms with Crippen LogP contribution in [-0.2, 0) is 9.53 Å². The number of aliphatic hydroxyl groups is 2. The third-order valence-corrected chi connectivity index (χ3v) is 8.42. The first-order valence-electron chi connectivity index (χ1n) is 13.1. The summed E-state index contributed by atoms with van der Waals surface area (Å²) in [6.45, 7) is 2.89. The summed E-state index contributed by atoms with van der Waals surface area (Å²) < 4.78 is 6.62. The van der Waals surface area contributed by atoms with Gasteiger partial charge in [-0.2, -0.15) is 0 Å². The van der Waals surface area contributed by atoms with E-state index in [1.807, 2.05) is 18.2 Å². The van der Waals surface area contributed by atoms with Gasteiger partial charge in [-0.1, -0.05) is 54.2 Å². The number of hydrogen-bond acceptors (Lipinski definition) is 10. The number of likely N-dealkylation sites (N-methyl/N-ethyl adjacent to an activating group) is 1. The molecular weight excluding hydrogens is 506 g/mol. The number of hydrogen-bond donors (Lipinski definition) is 3. The van der Waals surface area contributed by atoms with Gasteiger partial charge in [-0.05, 0) is 24.8 Å². The molecule has 2 aliphatic rings. The van der Waals surface area contributed by atoms with E-state index in [1.54, 1.807) is 30.6 Å². The van der Waals surface area contributed by atoms with E-state index in [0.717, 1.165) is 18.6 Å². The van der Waals surface area contributed by atoms with Crippen LogP contribution in [0, 0.1) is 5.92 Å². The van der Waals surface area contributed by atoms with Crippen molar-refractivity contribution in [2.45, 2.75) is 61.6 Å². The Bertz CT molecular complexity index is 1260. The van der Waals surface area contributed by atoms with Gasteiger partial charge < -0.3 is 25.2 Å². The summed E-state index contributed by atoms with van der Waals surface area (Å²) in [5.41, 5.74) is 2.28. The number of nitrogens with zero attached hydrogens (tertiary/aromatic N) is 6. The van der Waals surface area contributed by atoms with Crippen LogP contribution in [0.4, 0.5) is 5.82 Å². The van der Waals surface area contributed by atoms with Crippen molar-refractivity contribution < 1.29 is 19.7 Å². The van der Waals surface area contributed by atoms with Crippen LogP contribution in [0.3, 0.4) is 0 Å². The Balaban J connectivity index is 1.41. The lowest BCUT2D eigenvalue weighted by Crippen LogP contribution is -2.40. The molecule has 12 heteroatoms. The van der Waals surface area contributed by atoms with E-state index in [-0.39, 0.29) is 18.4 Å². The minimum atomic E-state index is -1.22. The molecule has 2 heterocycles. The maximum Gasteiger partial charge on any atom is 0.228 e. The van der Waals surface area contributed by atoms with Gasteiger partial charge in [0.25, 0.3) is 0 Å². The molecule has 0 bridgehead atoms. The lowest BCUT2D eigenvalue weighted by atomic mass is 10.0. The van der Waals surface area contributed by atoms with E-state index >= 15 is 0 Å². The number of aliphatic hydroxyl groups excluding tert-OH is 2. The first-order valence-corrected chi connectivity index (χ1v) is 14.1. The molecule has 6 atom stereocenters. The number of anilines is 1. The average molecular weight is 542 g/mol. The second-order valence-corrected chi connectivity index (χ2v) is 11.1. The van der Waals surface area contributed by atoms with Gasteiger partial charge in [0, 0.05) is 38.4 Å². The summed E-state index contributed by atoms with van der Waals surface area (Å²) in [5, 5.41) is 34.6. The van der Waals surface area contributed by atoms with Crippen molar-refractivity contribution in [3.8, 4) is 0 Å². The van der Waals surface area contributed by atoms with Crippen LogP contribution in [0.2, 0.25) is 0 Å². The normalized spacial score (nSPS) is 26.6. The molecule has 2 saturated carbocycles. The number of rotatable bonds is 11. The van der Waals surface area contributed by atoms with Crippen LogP contribution in [0.15, 0.2) is 35.5 Å². The van der Waals surface area contributed by atoms with Crippen molar-refractivity contribution in [2.24, 2.45) is 5.92 Å². The van der Waals surface area contributed by atoms with Gasteiger partial charge in [-0.15, -0.1) is 5.10 Å². The number of ether oxygens (including phenoxy) is 1. The van der Waals surface area contributed by atoms with Crippen LogP contribution in [-0.4, -0.2) is 97.3 Å². The molecule has 11 nitrogen and oxygen atoms in total. The molecular formula is C26H35N7O4S. The van der Waals surface area contributed by atoms with Gasteiger partial charge in [-0.25, -0.2) is 14.6 Å². The number of amides is 1. The fraction of sp³-hybridized carbons (Fsp3) is 0.577. The molecule has 1 amide bonds. The maximum absolute atomic E-state index is 13.0. The average Bonchev–Trinajstić information content (AvgIpc) is 3.48. The highest BCUT2D eigenvalue weighted by Crippen LogP contribution is 2.44. The number of carbonyl (C=O) groups excluding carboxylic acids is 1. The molecule has 5 rings (SSSR count). The number of carbonyl (C=O) groups is 1. The van der Waals surface area contributed by atoms with Gasteiger partial charge in [0.2, 0.25) is 5.91 Å². The van der Waals surface area contributed by atoms with Gasteiger partial charge in [0.15, 0.2) is 22.1 Å². The zero-order chi connectivity index (χ0) is 26.8. The van der Waals surface area contributed by atoms with Crippen LogP contribution in [0.5, 0.6) is 0 Å². The topological polar surface area (TPSA) is 139 Å². The molecule has 204 valence electrons. The Kier molecular flexibility index (Phi) is 8.12. The maximum atomic E-state index is 13.0. The smallest absolute Gasteiger partial charge is 0.228 e. The Morgan fingerprint density at radius 1 is 1.21 bits per heavy atom. The third kappa shape index (κ3) is 5.35. The van der Waals surface area contributed by atoms with Crippen LogP contribution < -0.4 is 5.32 Å². The van der Waals surface area contributed by atoms with Crippen LogP contribution in [0.1, 0.15) is 43.7 Å². The lowest BCUT2D eigenvalue weighted by molar-refractivity contribution is -0.138. The van der Waals surface area contributed by atoms with E-state index in [2.05, 4.69) is 34.7 Å². The van der Waals surface area contributed by atoms with Crippen LogP contribution >= 0.6 is 11.8 Å². The second-order valence-electron chi connectivity index (χ2n) is 10.1. The third-order valence-electron chi connectivity index (χ3n) is 7.37. The first-order chi connectivity index (χ1) is 18.4. The van der Waals surface area contributed by atoms with Crippen LogP contribution in [0.25, 0.3) is 11.2 Å². The highest BCUT2D eigenvalue weighted by molar-refractivity contribution is 7.99. The minimum Gasteiger partial charge on any atom is -0.390 e. The van der Waals surface area contributed by atoms with E-state index in [9.17, 15) is 15.0 Å². The fourth-order valence-electron chi connectivity index (χ4n) is 5.11. The van der Waals surface area contributed by atoms with Gasteiger partial charge >= 0.3 is 0 Å². The van der Waals surface area contributed by atoms with Gasteiger partial charge in [0.1, 0.15) is 6.10 Å². The molecule has 2 aromatic heterocycles. The number of thioether (sulfide) groups is 1. The second kappa shape index (κ2) is 11.5. The Morgan fingerprint density at radius 3 is 2.74 bits per heavy atom. The minimum absolute atomic E-state index is 0.222. The molecule has 2 fully saturated rings. The molecule has 0 spiro atoms. The number of methoxy groups -OCH3 is 1. The standard InChI is InChI=1S/C26H35N7O4S/c1-4-12-38-26-28-23(27-18-13-16(18)15-8-6-5-7-9-15)20-24(29-26)33(31-30-20)19-14-17(21(34)22(19)35)25(36)32(2)10-11-37-3/h5-9,16-19,21-22,34-35H,4,10-14H2,1-3H3,(H,27,28,29). The Hall–Kier alpha value is -2.80. The zero-order valence-electron chi connectivity index (χ0n) is 21.9. The van der Waals surface area contributed by atoms with Crippen molar-refractivity contribution in [2.75, 3.05) is 38.4 Å². The highest BCUT2D eigenvalue weighted by Gasteiger charge is 2.48. The van der Waals surface area contributed by atoms with Crippen molar-refractivity contribution in [3.05, 3.63) is 35.9 Å². The molecule has 38 heavy (non-hydrogen) atoms. The molecule has 1 aromatic carbocycles. The Morgan fingerprint density at radius 2 is 2.00 bits per heavy atom. The number of nitrogens with one attached hydrogen (secondary N) is 1. The summed E-state index contributed by atoms with van der Waals surface area (Å²) >= 11 is 1.55. The van der Waals surface area contributed by atoms with Crippen molar-refractivity contribution in [1.82, 2.24) is 29.9 Å². The van der Waals surface area contributed by atoms with Crippen molar-refractivity contribution in [3.63, 3.8) is 0 Å². The number of fused-ring (bicyclic) bond motifs is 1. The molecule has 2 aliphatic carbocycles. The number of benzene rings is 1. The van der Waals surface area contributed by atoms with E-state index in [4.69, 9.17) is 14.7 Å². The predicted octanol–water partition coefficient (Wildman–Crippen LogP) is 2.08. The predicted molar refractivity (Wildman–Crippen MR) is 144 cm³/mol. The quantitative estimate of drug-likeness (QED) is 0.244. The fourth-order valence-corrected chi connectivity index (χ4v) is 5.80. The van der Waals surface area contributed by atoms with Gasteiger partial charge in [-0.3, -0.25) is 4.79 Å². The molecule has 0 radical (unpaired) electrons. The summed E-state index contributed by atoms with van der Waals surface area (Å²) in [6.07, 6.45) is -0.217. The summed E-state index contributed by atoms with van der Waals surface area (Å²) in [6, 6.07) is 9.97. The van der Waals surface area contributed by atoms with Gasteiger partial charge in [0.05, 0.1) is 24.7 Å². The van der Waals surface area contributed by atoms with E-state index in [1.165, 1.54) is 10.5 Å². The monoisotopic (exact) mass is 541 g/mol. The summed E-state index contributed by atoms with van der Waals surface area (Å²) in [4.78, 5) is 24.0. The molecule has 3 N–H and O–H groups in total. The lowest BCUT2D eigenvalue weighted by Gasteiger charge is -2.22. The highest BCUT2D eigenvalue weighted by atomic mass is 32.2. The van der Waals surface area contributed by atoms with E-state index in [0.29, 0.717) is 41.2 Å². The number of aromatic nitrogens is 5. The van der Waals surface area contributed by atoms with E-state index < -0.39 is 24.2 Å². The molecule has 3 aromatic rings. The first kappa shape index (κ1) is 26.8. The summed E-state index contributed by atoms with van der Waals surface area (Å²) in [5.74, 6) is 0.873. The molecule has 0 aliphatic heterocycles. The molecule has 6 unspecified atom stereocenters. The Labute approximate surface area is 226 Å². The SMILES string of the molecule is CCCSc1nc(NC2CC2c2ccccc2)c2nnn(C3CC(C(=O)N(C)CCOC)C(O)C3O)c2n1. The van der Waals surface area contributed by atoms with Crippen molar-refractivity contribution >= 4 is 34.7 Å². The molecule has 0 saturated heterocycles. The zero-order valence-corrected chi connectivity index (χ0v) is 22.7. The largest absolute Gasteiger partial charge is 0.390 e. The summed E-state index contributed by atoms with van der Waals surface area (Å²) in [7, 11) is 3.24. The van der Waals surface area contributed by atoms with Crippen molar-refractivity contribution in [1.29, 1.82) is 0 Å².